The van der Waals surface area contributed by atoms with E-state index in [0.717, 1.165) is 27.3 Å². The van der Waals surface area contributed by atoms with Crippen LogP contribution in [0.15, 0.2) is 132 Å². The number of hydrogen-bond donors (Lipinski definition) is 0. The van der Waals surface area contributed by atoms with Gasteiger partial charge in [-0.25, -0.2) is 4.98 Å². The monoisotopic (exact) mass is 551 g/mol. The van der Waals surface area contributed by atoms with Gasteiger partial charge < -0.3 is 4.42 Å². The van der Waals surface area contributed by atoms with Crippen molar-refractivity contribution in [2.45, 2.75) is 0 Å². The van der Waals surface area contributed by atoms with Crippen molar-refractivity contribution in [2.24, 2.45) is 0 Å². The first-order chi connectivity index (χ1) is 20.8. The highest BCUT2D eigenvalue weighted by atomic mass is 32.1. The minimum atomic E-state index is 0.934. The van der Waals surface area contributed by atoms with Gasteiger partial charge in [-0.05, 0) is 86.4 Å². The standard InChI is InChI=1S/C39H21NOS/c1-2-7-22(8-3-1)39-40-32-17-14-24-19-23(13-15-27(24)38(32)42-39)26-20-25-9-6-11-28-29-16-18-34-37(36(29)31(21-26)35(25)28)30-10-4-5-12-33(30)41-34/h1-21H. The summed E-state index contributed by atoms with van der Waals surface area (Å²) in [7, 11) is 0. The molecule has 7 aromatic carbocycles. The lowest BCUT2D eigenvalue weighted by atomic mass is 9.93. The SMILES string of the molecule is c1ccc(-c2nc3ccc4cc(-c5cc6c7c(cccc7c5)-c5ccc7oc8ccccc8c7c5-6)ccc4c3s2)cc1. The first-order valence-corrected chi connectivity index (χ1v) is 15.0. The third-order valence-electron chi connectivity index (χ3n) is 8.80. The van der Waals surface area contributed by atoms with Gasteiger partial charge in [-0.2, -0.15) is 0 Å². The fraction of sp³-hybridized carbons (Fsp3) is 0. The lowest BCUT2D eigenvalue weighted by molar-refractivity contribution is 0.669. The fourth-order valence-electron chi connectivity index (χ4n) is 6.93. The maximum absolute atomic E-state index is 6.30. The molecule has 9 aromatic rings. The molecular formula is C39H21NOS. The van der Waals surface area contributed by atoms with Crippen LogP contribution in [0.2, 0.25) is 0 Å². The number of aromatic nitrogens is 1. The molecule has 194 valence electrons. The zero-order valence-corrected chi connectivity index (χ0v) is 23.2. The Kier molecular flexibility index (Phi) is 4.36. The topological polar surface area (TPSA) is 26.0 Å². The van der Waals surface area contributed by atoms with E-state index in [4.69, 9.17) is 9.40 Å². The lowest BCUT2D eigenvalue weighted by Crippen LogP contribution is -1.84. The highest BCUT2D eigenvalue weighted by molar-refractivity contribution is 7.22. The summed E-state index contributed by atoms with van der Waals surface area (Å²) in [6.45, 7) is 0. The van der Waals surface area contributed by atoms with Crippen molar-refractivity contribution < 1.29 is 4.42 Å². The van der Waals surface area contributed by atoms with Crippen molar-refractivity contribution in [2.75, 3.05) is 0 Å². The zero-order chi connectivity index (χ0) is 27.4. The number of nitrogens with zero attached hydrogens (tertiary/aromatic N) is 1. The minimum absolute atomic E-state index is 0.934. The van der Waals surface area contributed by atoms with Crippen molar-refractivity contribution in [1.29, 1.82) is 0 Å². The molecule has 0 amide bonds. The molecule has 0 unspecified atom stereocenters. The third kappa shape index (κ3) is 3.01. The van der Waals surface area contributed by atoms with Crippen molar-refractivity contribution >= 4 is 65.0 Å². The van der Waals surface area contributed by atoms with E-state index in [-0.39, 0.29) is 0 Å². The molecule has 0 aliphatic heterocycles. The maximum atomic E-state index is 6.30. The number of fused-ring (bicyclic) bond motifs is 10. The van der Waals surface area contributed by atoms with E-state index in [0.29, 0.717) is 0 Å². The number of benzene rings is 7. The van der Waals surface area contributed by atoms with Crippen LogP contribution in [-0.4, -0.2) is 4.98 Å². The van der Waals surface area contributed by atoms with Crippen molar-refractivity contribution in [1.82, 2.24) is 4.98 Å². The molecule has 0 bridgehead atoms. The Bertz CT molecular complexity index is 2570. The van der Waals surface area contributed by atoms with E-state index in [9.17, 15) is 0 Å². The summed E-state index contributed by atoms with van der Waals surface area (Å²) in [5.41, 5.74) is 11.7. The summed E-state index contributed by atoms with van der Waals surface area (Å²) in [6, 6.07) is 45.9. The van der Waals surface area contributed by atoms with Crippen LogP contribution in [0.3, 0.4) is 0 Å². The Balaban J connectivity index is 1.19. The molecule has 0 saturated heterocycles. The van der Waals surface area contributed by atoms with Crippen LogP contribution < -0.4 is 0 Å². The molecule has 0 spiro atoms. The fourth-order valence-corrected chi connectivity index (χ4v) is 8.04. The average molecular weight is 552 g/mol. The largest absolute Gasteiger partial charge is 0.456 e. The van der Waals surface area contributed by atoms with E-state index in [2.05, 4.69) is 115 Å². The van der Waals surface area contributed by atoms with Crippen LogP contribution in [-0.2, 0) is 0 Å². The predicted octanol–water partition coefficient (Wildman–Crippen LogP) is 11.5. The molecule has 10 rings (SSSR count). The van der Waals surface area contributed by atoms with E-state index >= 15 is 0 Å². The smallest absolute Gasteiger partial charge is 0.136 e. The molecule has 0 saturated carbocycles. The Morgan fingerprint density at radius 1 is 0.500 bits per heavy atom. The van der Waals surface area contributed by atoms with E-state index in [1.807, 2.05) is 12.1 Å². The van der Waals surface area contributed by atoms with Gasteiger partial charge in [-0.15, -0.1) is 11.3 Å². The van der Waals surface area contributed by atoms with Crippen LogP contribution in [0.5, 0.6) is 0 Å². The molecule has 0 atom stereocenters. The number of furan rings is 1. The zero-order valence-electron chi connectivity index (χ0n) is 22.4. The summed E-state index contributed by atoms with van der Waals surface area (Å²) in [5.74, 6) is 0. The predicted molar refractivity (Wildman–Crippen MR) is 177 cm³/mol. The maximum Gasteiger partial charge on any atom is 0.136 e. The van der Waals surface area contributed by atoms with Gasteiger partial charge >= 0.3 is 0 Å². The van der Waals surface area contributed by atoms with Crippen LogP contribution in [0.4, 0.5) is 0 Å². The summed E-state index contributed by atoms with van der Waals surface area (Å²) >= 11 is 1.77. The van der Waals surface area contributed by atoms with E-state index in [1.165, 1.54) is 70.4 Å². The molecule has 2 heterocycles. The molecule has 1 aliphatic carbocycles. The molecule has 1 aliphatic rings. The normalized spacial score (nSPS) is 12.3. The van der Waals surface area contributed by atoms with Gasteiger partial charge in [0.15, 0.2) is 0 Å². The third-order valence-corrected chi connectivity index (χ3v) is 9.96. The van der Waals surface area contributed by atoms with Gasteiger partial charge in [0, 0.05) is 27.3 Å². The first-order valence-electron chi connectivity index (χ1n) is 14.2. The van der Waals surface area contributed by atoms with Crippen molar-refractivity contribution in [3.8, 4) is 44.0 Å². The Hall–Kier alpha value is -5.25. The van der Waals surface area contributed by atoms with Gasteiger partial charge in [0.25, 0.3) is 0 Å². The van der Waals surface area contributed by atoms with Gasteiger partial charge in [0.1, 0.15) is 16.2 Å². The first kappa shape index (κ1) is 22.4. The quantitative estimate of drug-likeness (QED) is 0.214. The minimum Gasteiger partial charge on any atom is -0.456 e. The summed E-state index contributed by atoms with van der Waals surface area (Å²) in [6.07, 6.45) is 0. The number of hydrogen-bond acceptors (Lipinski definition) is 3. The van der Waals surface area contributed by atoms with Crippen molar-refractivity contribution in [3.05, 3.63) is 127 Å². The van der Waals surface area contributed by atoms with E-state index in [1.54, 1.807) is 11.3 Å². The van der Waals surface area contributed by atoms with Gasteiger partial charge in [0.2, 0.25) is 0 Å². The molecular weight excluding hydrogens is 531 g/mol. The van der Waals surface area contributed by atoms with Crippen molar-refractivity contribution in [3.63, 3.8) is 0 Å². The molecule has 3 heteroatoms. The molecule has 0 fully saturated rings. The number of rotatable bonds is 2. The number of thiazole rings is 1. The molecule has 2 aromatic heterocycles. The van der Waals surface area contributed by atoms with Crippen LogP contribution in [0.25, 0.3) is 97.7 Å². The molecule has 0 N–H and O–H groups in total. The molecule has 42 heavy (non-hydrogen) atoms. The number of para-hydroxylation sites is 1. The Morgan fingerprint density at radius 2 is 1.38 bits per heavy atom. The summed E-state index contributed by atoms with van der Waals surface area (Å²) in [5, 5.41) is 8.52. The van der Waals surface area contributed by atoms with Crippen LogP contribution >= 0.6 is 11.3 Å². The van der Waals surface area contributed by atoms with Crippen LogP contribution in [0.1, 0.15) is 0 Å². The summed E-state index contributed by atoms with van der Waals surface area (Å²) in [4.78, 5) is 4.95. The molecule has 0 radical (unpaired) electrons. The highest BCUT2D eigenvalue weighted by Crippen LogP contribution is 2.53. The average Bonchev–Trinajstić information content (AvgIpc) is 3.74. The van der Waals surface area contributed by atoms with Crippen LogP contribution in [0, 0.1) is 0 Å². The van der Waals surface area contributed by atoms with E-state index < -0.39 is 0 Å². The van der Waals surface area contributed by atoms with Gasteiger partial charge in [-0.3, -0.25) is 0 Å². The Morgan fingerprint density at radius 3 is 2.33 bits per heavy atom. The summed E-state index contributed by atoms with van der Waals surface area (Å²) < 4.78 is 7.54. The van der Waals surface area contributed by atoms with Gasteiger partial charge in [-0.1, -0.05) is 84.9 Å². The second-order valence-corrected chi connectivity index (χ2v) is 12.1. The Labute approximate surface area is 245 Å². The lowest BCUT2D eigenvalue weighted by Gasteiger charge is -2.10. The molecule has 2 nitrogen and oxygen atoms in total. The highest BCUT2D eigenvalue weighted by Gasteiger charge is 2.26. The second-order valence-electron chi connectivity index (χ2n) is 11.1. The second kappa shape index (κ2) is 8.16. The van der Waals surface area contributed by atoms with Gasteiger partial charge in [0.05, 0.1) is 10.2 Å².